The summed E-state index contributed by atoms with van der Waals surface area (Å²) in [5, 5.41) is 7.89. The Hall–Kier alpha value is -1.65. The highest BCUT2D eigenvalue weighted by Gasteiger charge is 2.31. The van der Waals surface area contributed by atoms with Crippen molar-refractivity contribution >= 4 is 11.6 Å². The number of hydrogen-bond donors (Lipinski definition) is 1. The SMILES string of the molecule is CCC1CCC(Nc2cc(C)nc3ncnn23)C1C. The van der Waals surface area contributed by atoms with Crippen molar-refractivity contribution in [2.75, 3.05) is 5.32 Å². The molecule has 2 aromatic rings. The fourth-order valence-corrected chi connectivity index (χ4v) is 3.25. The molecule has 3 rings (SSSR count). The van der Waals surface area contributed by atoms with E-state index in [2.05, 4.69) is 34.2 Å². The quantitative estimate of drug-likeness (QED) is 0.920. The molecule has 0 aliphatic heterocycles. The van der Waals surface area contributed by atoms with Gasteiger partial charge in [-0.3, -0.25) is 0 Å². The predicted molar refractivity (Wildman–Crippen MR) is 75.1 cm³/mol. The number of fused-ring (bicyclic) bond motifs is 1. The standard InChI is InChI=1S/C14H21N5/c1-4-11-5-6-12(10(11)3)18-13-7-9(2)17-14-15-8-16-19(13)14/h7-8,10-12,18H,4-6H2,1-3H3. The second kappa shape index (κ2) is 4.79. The van der Waals surface area contributed by atoms with Gasteiger partial charge in [0.05, 0.1) is 0 Å². The van der Waals surface area contributed by atoms with E-state index in [0.717, 1.165) is 17.4 Å². The zero-order valence-electron chi connectivity index (χ0n) is 11.8. The highest BCUT2D eigenvalue weighted by Crippen LogP contribution is 2.35. The maximum atomic E-state index is 4.37. The highest BCUT2D eigenvalue weighted by atomic mass is 15.4. The molecule has 0 aromatic carbocycles. The maximum absolute atomic E-state index is 4.37. The van der Waals surface area contributed by atoms with Crippen LogP contribution >= 0.6 is 0 Å². The van der Waals surface area contributed by atoms with Gasteiger partial charge in [-0.15, -0.1) is 0 Å². The van der Waals surface area contributed by atoms with E-state index in [-0.39, 0.29) is 0 Å². The fraction of sp³-hybridized carbons (Fsp3) is 0.643. The Morgan fingerprint density at radius 3 is 3.00 bits per heavy atom. The molecule has 102 valence electrons. The van der Waals surface area contributed by atoms with Crippen LogP contribution in [0, 0.1) is 18.8 Å². The van der Waals surface area contributed by atoms with Gasteiger partial charge in [-0.2, -0.15) is 14.6 Å². The lowest BCUT2D eigenvalue weighted by Gasteiger charge is -2.22. The number of aromatic nitrogens is 4. The molecular weight excluding hydrogens is 238 g/mol. The number of aryl methyl sites for hydroxylation is 1. The summed E-state index contributed by atoms with van der Waals surface area (Å²) < 4.78 is 1.79. The first-order valence-electron chi connectivity index (χ1n) is 7.13. The monoisotopic (exact) mass is 259 g/mol. The second-order valence-corrected chi connectivity index (χ2v) is 5.61. The summed E-state index contributed by atoms with van der Waals surface area (Å²) in [7, 11) is 0. The molecule has 0 amide bonds. The molecule has 3 atom stereocenters. The van der Waals surface area contributed by atoms with Crippen LogP contribution in [0.1, 0.15) is 38.8 Å². The zero-order valence-corrected chi connectivity index (χ0v) is 11.8. The summed E-state index contributed by atoms with van der Waals surface area (Å²) in [5.74, 6) is 3.22. The minimum atomic E-state index is 0.527. The topological polar surface area (TPSA) is 55.1 Å². The van der Waals surface area contributed by atoms with E-state index in [4.69, 9.17) is 0 Å². The van der Waals surface area contributed by atoms with Gasteiger partial charge >= 0.3 is 0 Å². The smallest absolute Gasteiger partial charge is 0.254 e. The first-order valence-corrected chi connectivity index (χ1v) is 7.13. The predicted octanol–water partition coefficient (Wildman–Crippen LogP) is 2.67. The van der Waals surface area contributed by atoms with Crippen molar-refractivity contribution in [1.82, 2.24) is 19.6 Å². The number of hydrogen-bond acceptors (Lipinski definition) is 4. The third-order valence-corrected chi connectivity index (χ3v) is 4.46. The normalized spacial score (nSPS) is 27.0. The van der Waals surface area contributed by atoms with Gasteiger partial charge < -0.3 is 5.32 Å². The van der Waals surface area contributed by atoms with Gasteiger partial charge in [0.25, 0.3) is 5.78 Å². The Kier molecular flexibility index (Phi) is 3.12. The van der Waals surface area contributed by atoms with Crippen molar-refractivity contribution in [2.24, 2.45) is 11.8 Å². The van der Waals surface area contributed by atoms with Crippen LogP contribution in [-0.2, 0) is 0 Å². The third kappa shape index (κ3) is 2.17. The molecule has 1 saturated carbocycles. The molecule has 19 heavy (non-hydrogen) atoms. The zero-order chi connectivity index (χ0) is 13.4. The molecule has 0 radical (unpaired) electrons. The van der Waals surface area contributed by atoms with Crippen LogP contribution in [0.5, 0.6) is 0 Å². The Morgan fingerprint density at radius 1 is 1.42 bits per heavy atom. The lowest BCUT2D eigenvalue weighted by molar-refractivity contribution is 0.391. The first kappa shape index (κ1) is 12.4. The molecule has 0 spiro atoms. The van der Waals surface area contributed by atoms with Crippen LogP contribution in [-0.4, -0.2) is 25.6 Å². The molecule has 5 nitrogen and oxygen atoms in total. The van der Waals surface area contributed by atoms with E-state index in [1.54, 1.807) is 10.8 Å². The van der Waals surface area contributed by atoms with Gasteiger partial charge in [-0.1, -0.05) is 20.3 Å². The Balaban J connectivity index is 1.87. The van der Waals surface area contributed by atoms with E-state index < -0.39 is 0 Å². The molecular formula is C14H21N5. The molecule has 0 bridgehead atoms. The van der Waals surface area contributed by atoms with Crippen LogP contribution < -0.4 is 5.32 Å². The van der Waals surface area contributed by atoms with E-state index in [1.165, 1.54) is 19.3 Å². The van der Waals surface area contributed by atoms with Crippen molar-refractivity contribution in [2.45, 2.75) is 46.1 Å². The third-order valence-electron chi connectivity index (χ3n) is 4.46. The molecule has 1 N–H and O–H groups in total. The van der Waals surface area contributed by atoms with Gasteiger partial charge in [0.2, 0.25) is 0 Å². The molecule has 2 heterocycles. The summed E-state index contributed by atoms with van der Waals surface area (Å²) in [6.45, 7) is 6.63. The van der Waals surface area contributed by atoms with Gasteiger partial charge in [-0.25, -0.2) is 4.98 Å². The number of rotatable bonds is 3. The molecule has 1 aliphatic carbocycles. The Labute approximate surface area is 113 Å². The van der Waals surface area contributed by atoms with Crippen LogP contribution in [0.3, 0.4) is 0 Å². The van der Waals surface area contributed by atoms with E-state index >= 15 is 0 Å². The second-order valence-electron chi connectivity index (χ2n) is 5.61. The van der Waals surface area contributed by atoms with Gasteiger partial charge in [0, 0.05) is 17.8 Å². The summed E-state index contributed by atoms with van der Waals surface area (Å²) in [6.07, 6.45) is 5.38. The molecule has 3 unspecified atom stereocenters. The molecule has 0 saturated heterocycles. The molecule has 2 aromatic heterocycles. The first-order chi connectivity index (χ1) is 9.19. The van der Waals surface area contributed by atoms with Gasteiger partial charge in [-0.05, 0) is 31.6 Å². The Morgan fingerprint density at radius 2 is 2.26 bits per heavy atom. The van der Waals surface area contributed by atoms with Crippen LogP contribution in [0.15, 0.2) is 12.4 Å². The lowest BCUT2D eigenvalue weighted by atomic mass is 9.93. The molecule has 5 heteroatoms. The van der Waals surface area contributed by atoms with Crippen LogP contribution in [0.4, 0.5) is 5.82 Å². The van der Waals surface area contributed by atoms with Gasteiger partial charge in [0.15, 0.2) is 0 Å². The van der Waals surface area contributed by atoms with Crippen molar-refractivity contribution in [3.05, 3.63) is 18.1 Å². The van der Waals surface area contributed by atoms with Crippen molar-refractivity contribution in [3.63, 3.8) is 0 Å². The summed E-state index contributed by atoms with van der Waals surface area (Å²) in [6, 6.07) is 2.58. The highest BCUT2D eigenvalue weighted by molar-refractivity contribution is 5.45. The van der Waals surface area contributed by atoms with Crippen molar-refractivity contribution in [1.29, 1.82) is 0 Å². The largest absolute Gasteiger partial charge is 0.367 e. The van der Waals surface area contributed by atoms with E-state index in [0.29, 0.717) is 17.7 Å². The Bertz CT molecular complexity index is 576. The van der Waals surface area contributed by atoms with Crippen LogP contribution in [0.2, 0.25) is 0 Å². The lowest BCUT2D eigenvalue weighted by Crippen LogP contribution is -2.26. The molecule has 1 aliphatic rings. The number of anilines is 1. The molecule has 1 fully saturated rings. The average molecular weight is 259 g/mol. The van der Waals surface area contributed by atoms with E-state index in [9.17, 15) is 0 Å². The minimum Gasteiger partial charge on any atom is -0.367 e. The number of nitrogens with zero attached hydrogens (tertiary/aromatic N) is 4. The van der Waals surface area contributed by atoms with Crippen molar-refractivity contribution < 1.29 is 0 Å². The summed E-state index contributed by atoms with van der Waals surface area (Å²) in [4.78, 5) is 8.54. The van der Waals surface area contributed by atoms with Crippen LogP contribution in [0.25, 0.3) is 5.78 Å². The van der Waals surface area contributed by atoms with Gasteiger partial charge in [0.1, 0.15) is 12.1 Å². The maximum Gasteiger partial charge on any atom is 0.254 e. The fourth-order valence-electron chi connectivity index (χ4n) is 3.25. The minimum absolute atomic E-state index is 0.527. The average Bonchev–Trinajstić information content (AvgIpc) is 2.97. The van der Waals surface area contributed by atoms with E-state index in [1.807, 2.05) is 13.0 Å². The summed E-state index contributed by atoms with van der Waals surface area (Å²) >= 11 is 0. The number of nitrogens with one attached hydrogen (secondary N) is 1. The summed E-state index contributed by atoms with van der Waals surface area (Å²) in [5.41, 5.74) is 0.973. The van der Waals surface area contributed by atoms with Crippen molar-refractivity contribution in [3.8, 4) is 0 Å².